The predicted octanol–water partition coefficient (Wildman–Crippen LogP) is 3.82. The van der Waals surface area contributed by atoms with Crippen molar-refractivity contribution >= 4 is 27.3 Å². The second-order valence-corrected chi connectivity index (χ2v) is 6.01. The smallest absolute Gasteiger partial charge is 0.257 e. The van der Waals surface area contributed by atoms with E-state index in [4.69, 9.17) is 11.6 Å². The van der Waals surface area contributed by atoms with E-state index in [9.17, 15) is 8.42 Å². The monoisotopic (exact) mass is 309 g/mol. The first-order valence-electron chi connectivity index (χ1n) is 5.74. The Labute approximate surface area is 122 Å². The second kappa shape index (κ2) is 6.02. The average Bonchev–Trinajstić information content (AvgIpc) is 2.43. The summed E-state index contributed by atoms with van der Waals surface area (Å²) in [6.45, 7) is 1.83. The molecule has 1 N–H and O–H groups in total. The highest BCUT2D eigenvalue weighted by Gasteiger charge is 2.11. The second-order valence-electron chi connectivity index (χ2n) is 4.01. The van der Waals surface area contributed by atoms with Crippen LogP contribution in [0.15, 0.2) is 63.2 Å². The van der Waals surface area contributed by atoms with E-state index in [0.29, 0.717) is 10.7 Å². The summed E-state index contributed by atoms with van der Waals surface area (Å²) in [4.78, 5) is 0.0847. The molecule has 0 aliphatic rings. The lowest BCUT2D eigenvalue weighted by Crippen LogP contribution is -1.98. The van der Waals surface area contributed by atoms with E-state index < -0.39 is 10.0 Å². The van der Waals surface area contributed by atoms with Gasteiger partial charge < -0.3 is 0 Å². The maximum atomic E-state index is 11.9. The van der Waals surface area contributed by atoms with Gasteiger partial charge in [-0.15, -0.1) is 0 Å². The third kappa shape index (κ3) is 3.34. The van der Waals surface area contributed by atoms with Gasteiger partial charge in [-0.1, -0.05) is 47.2 Å². The molecular weight excluding hydrogens is 298 g/mol. The Morgan fingerprint density at radius 1 is 1.05 bits per heavy atom. The zero-order valence-electron chi connectivity index (χ0n) is 10.6. The maximum absolute atomic E-state index is 11.9. The molecule has 0 fully saturated rings. The number of sulfonamides is 1. The quantitative estimate of drug-likeness (QED) is 0.689. The molecule has 0 heterocycles. The number of hydrogen-bond donors (Lipinski definition) is 1. The minimum absolute atomic E-state index is 0.0847. The van der Waals surface area contributed by atoms with Gasteiger partial charge >= 0.3 is 10.0 Å². The number of hydrogen-bond acceptors (Lipinski definition) is 3. The summed E-state index contributed by atoms with van der Waals surface area (Å²) in [7, 11) is -3.80. The molecule has 0 radical (unpaired) electrons. The Hall–Kier alpha value is -1.92. The first kappa shape index (κ1) is 14.5. The van der Waals surface area contributed by atoms with Crippen molar-refractivity contribution in [2.45, 2.75) is 11.8 Å². The molecule has 20 heavy (non-hydrogen) atoms. The van der Waals surface area contributed by atoms with Gasteiger partial charge in [0.25, 0.3) is 0 Å². The van der Waals surface area contributed by atoms with Crippen LogP contribution < -0.4 is 5.43 Å². The largest absolute Gasteiger partial charge is 0.301 e. The van der Waals surface area contributed by atoms with Crippen molar-refractivity contribution in [2.75, 3.05) is 5.43 Å². The van der Waals surface area contributed by atoms with E-state index in [1.54, 1.807) is 30.3 Å². The minimum Gasteiger partial charge on any atom is -0.257 e. The molecule has 0 unspecified atom stereocenters. The molecule has 0 bridgehead atoms. The highest BCUT2D eigenvalue weighted by molar-refractivity contribution is 7.90. The molecule has 0 aliphatic carbocycles. The van der Waals surface area contributed by atoms with Crippen molar-refractivity contribution < 1.29 is 8.42 Å². The fourth-order valence-corrected chi connectivity index (χ4v) is 2.55. The number of nitrogens with zero attached hydrogens (tertiary/aromatic N) is 2. The zero-order valence-corrected chi connectivity index (χ0v) is 12.2. The molecule has 0 spiro atoms. The van der Waals surface area contributed by atoms with Crippen molar-refractivity contribution in [3.63, 3.8) is 0 Å². The molecule has 2 aromatic rings. The summed E-state index contributed by atoms with van der Waals surface area (Å²) >= 11 is 5.98. The standard InChI is InChI=1S/C13H12ClN3O2S/c1-10-6-5-9-12(14)13(10)15-16-17-20(18,19)11-7-3-2-4-8-11/h2-9H,1H3,(H,15,17). The maximum Gasteiger partial charge on any atom is 0.301 e. The molecule has 0 saturated carbocycles. The van der Waals surface area contributed by atoms with Crippen LogP contribution >= 0.6 is 11.6 Å². The normalized spacial score (nSPS) is 11.7. The summed E-state index contributed by atoms with van der Waals surface area (Å²) in [5.74, 6) is 0. The van der Waals surface area contributed by atoms with Crippen LogP contribution in [0.3, 0.4) is 0 Å². The Balaban J connectivity index is 2.19. The molecule has 2 aromatic carbocycles. The van der Waals surface area contributed by atoms with Gasteiger partial charge in [0.1, 0.15) is 0 Å². The third-order valence-corrected chi connectivity index (χ3v) is 4.05. The fraction of sp³-hybridized carbons (Fsp3) is 0.0769. The van der Waals surface area contributed by atoms with Gasteiger partial charge in [-0.2, -0.15) is 8.42 Å². The van der Waals surface area contributed by atoms with Crippen molar-refractivity contribution in [3.05, 3.63) is 59.1 Å². The summed E-state index contributed by atoms with van der Waals surface area (Å²) in [5, 5.41) is 3.96. The highest BCUT2D eigenvalue weighted by Crippen LogP contribution is 2.25. The van der Waals surface area contributed by atoms with E-state index in [1.807, 2.05) is 13.0 Å². The molecule has 0 aromatic heterocycles. The summed E-state index contributed by atoms with van der Waals surface area (Å²) < 4.78 is 27.0. The van der Waals surface area contributed by atoms with E-state index in [1.165, 1.54) is 12.1 Å². The Bertz CT molecular complexity index is 710. The van der Waals surface area contributed by atoms with Crippen LogP contribution in [0.2, 0.25) is 5.02 Å². The first-order valence-corrected chi connectivity index (χ1v) is 7.56. The van der Waals surface area contributed by atoms with Crippen molar-refractivity contribution in [1.82, 2.24) is 0 Å². The van der Waals surface area contributed by atoms with Crippen molar-refractivity contribution in [1.29, 1.82) is 0 Å². The molecule has 2 rings (SSSR count). The molecule has 104 valence electrons. The number of nitrogens with one attached hydrogen (secondary N) is 1. The number of benzene rings is 2. The van der Waals surface area contributed by atoms with E-state index in [0.717, 1.165) is 5.56 Å². The van der Waals surface area contributed by atoms with Gasteiger partial charge in [-0.3, -0.25) is 5.43 Å². The molecule has 5 nitrogen and oxygen atoms in total. The lowest BCUT2D eigenvalue weighted by Gasteiger charge is -2.05. The summed E-state index contributed by atoms with van der Waals surface area (Å²) in [6, 6.07) is 13.2. The molecule has 7 heteroatoms. The number of rotatable bonds is 4. The lowest BCUT2D eigenvalue weighted by molar-refractivity contribution is 0.595. The molecule has 0 aliphatic heterocycles. The van der Waals surface area contributed by atoms with Crippen molar-refractivity contribution in [2.24, 2.45) is 9.74 Å². The lowest BCUT2D eigenvalue weighted by atomic mass is 10.2. The number of anilines is 1. The SMILES string of the molecule is Cc1cccc(Cl)c1N/N=N\S(=O)(=O)c1ccccc1. The molecule has 0 atom stereocenters. The Morgan fingerprint density at radius 3 is 2.40 bits per heavy atom. The predicted molar refractivity (Wildman–Crippen MR) is 78.3 cm³/mol. The number of halogens is 1. The van der Waals surface area contributed by atoms with Gasteiger partial charge in [0.2, 0.25) is 0 Å². The van der Waals surface area contributed by atoms with Crippen LogP contribution in [-0.2, 0) is 10.0 Å². The van der Waals surface area contributed by atoms with Gasteiger partial charge in [-0.25, -0.2) is 0 Å². The average molecular weight is 310 g/mol. The molecular formula is C13H12ClN3O2S. The minimum atomic E-state index is -3.80. The van der Waals surface area contributed by atoms with Crippen LogP contribution in [0.4, 0.5) is 5.69 Å². The van der Waals surface area contributed by atoms with Crippen LogP contribution in [0, 0.1) is 6.92 Å². The zero-order chi connectivity index (χ0) is 14.6. The highest BCUT2D eigenvalue weighted by atomic mass is 35.5. The number of para-hydroxylation sites is 1. The fourth-order valence-electron chi connectivity index (χ4n) is 1.54. The van der Waals surface area contributed by atoms with Crippen molar-refractivity contribution in [3.8, 4) is 0 Å². The van der Waals surface area contributed by atoms with Crippen LogP contribution in [0.5, 0.6) is 0 Å². The van der Waals surface area contributed by atoms with Crippen LogP contribution in [0.1, 0.15) is 5.56 Å². The van der Waals surface area contributed by atoms with Gasteiger partial charge in [0.15, 0.2) is 0 Å². The van der Waals surface area contributed by atoms with E-state index >= 15 is 0 Å². The van der Waals surface area contributed by atoms with Gasteiger partial charge in [-0.05, 0) is 35.2 Å². The Kier molecular flexibility index (Phi) is 4.36. The van der Waals surface area contributed by atoms with E-state index in [-0.39, 0.29) is 4.90 Å². The molecule has 0 saturated heterocycles. The third-order valence-electron chi connectivity index (χ3n) is 2.57. The Morgan fingerprint density at radius 2 is 1.75 bits per heavy atom. The topological polar surface area (TPSA) is 70.9 Å². The summed E-state index contributed by atoms with van der Waals surface area (Å²) in [5.41, 5.74) is 3.92. The van der Waals surface area contributed by atoms with Gasteiger partial charge in [0, 0.05) is 0 Å². The number of aryl methyl sites for hydroxylation is 1. The van der Waals surface area contributed by atoms with Gasteiger partial charge in [0.05, 0.1) is 15.6 Å². The summed E-state index contributed by atoms with van der Waals surface area (Å²) in [6.07, 6.45) is 0. The van der Waals surface area contributed by atoms with Crippen LogP contribution in [0.25, 0.3) is 0 Å². The first-order chi connectivity index (χ1) is 9.50. The van der Waals surface area contributed by atoms with E-state index in [2.05, 4.69) is 15.2 Å². The molecule has 0 amide bonds. The van der Waals surface area contributed by atoms with Crippen LogP contribution in [-0.4, -0.2) is 8.42 Å².